The molecule has 2 aromatic heterocycles. The van der Waals surface area contributed by atoms with Crippen molar-refractivity contribution in [3.63, 3.8) is 0 Å². The zero-order chi connectivity index (χ0) is 34.1. The van der Waals surface area contributed by atoms with Crippen LogP contribution in [0.2, 0.25) is 0 Å². The van der Waals surface area contributed by atoms with Gasteiger partial charge in [0.25, 0.3) is 0 Å². The molecule has 1 fully saturated rings. The quantitative estimate of drug-likeness (QED) is 0.133. The van der Waals surface area contributed by atoms with Crippen LogP contribution in [0.1, 0.15) is 47.3 Å². The fourth-order valence-electron chi connectivity index (χ4n) is 5.12. The van der Waals surface area contributed by atoms with Gasteiger partial charge < -0.3 is 34.7 Å². The highest BCUT2D eigenvalue weighted by Crippen LogP contribution is 2.48. The zero-order valence-corrected chi connectivity index (χ0v) is 28.0. The van der Waals surface area contributed by atoms with Crippen molar-refractivity contribution in [1.29, 1.82) is 0 Å². The van der Waals surface area contributed by atoms with Crippen molar-refractivity contribution < 1.29 is 42.8 Å². The average Bonchev–Trinajstić information content (AvgIpc) is 3.43. The molecule has 2 aromatic carbocycles. The number of aliphatic hydroxyl groups excluding tert-OH is 1. The molecule has 6 unspecified atom stereocenters. The van der Waals surface area contributed by atoms with Crippen molar-refractivity contribution in [2.75, 3.05) is 26.1 Å². The number of anilines is 1. The van der Waals surface area contributed by atoms with Gasteiger partial charge in [0.2, 0.25) is 11.8 Å². The molecule has 0 radical (unpaired) electrons. The second kappa shape index (κ2) is 13.3. The lowest BCUT2D eigenvalue weighted by molar-refractivity contribution is -0.233. The summed E-state index contributed by atoms with van der Waals surface area (Å²) < 4.78 is 44.7. The normalized spacial score (nSPS) is 23.7. The maximum Gasteiger partial charge on any atom is 0.459 e. The van der Waals surface area contributed by atoms with E-state index in [4.69, 9.17) is 29.0 Å². The molecule has 0 saturated carbocycles. The predicted molar refractivity (Wildman–Crippen MR) is 173 cm³/mol. The van der Waals surface area contributed by atoms with Crippen molar-refractivity contribution in [2.24, 2.45) is 5.41 Å². The van der Waals surface area contributed by atoms with Crippen molar-refractivity contribution in [1.82, 2.24) is 24.6 Å². The number of methoxy groups -OCH3 is 1. The van der Waals surface area contributed by atoms with E-state index >= 15 is 0 Å². The number of nitrogens with two attached hydrogens (primary N) is 1. The van der Waals surface area contributed by atoms with E-state index in [0.29, 0.717) is 10.9 Å². The third-order valence-corrected chi connectivity index (χ3v) is 9.18. The standard InChI is InChI=1S/C31H41N6O9P/c1-18(28(39)43-16-30(2,3)4)36-47(41,46-21-13-9-11-19-10-7-8-12-20(19)21)44-15-22-25(38)31(5,40)14-23(45-22)37-17-33-24-26(37)34-29(32)35-27(24)42-6/h7-13,17-18,22-23,25,38,40H,14-16H2,1-6H3,(H,36,41)(H2,32,34,35). The third-order valence-electron chi connectivity index (χ3n) is 7.55. The maximum absolute atomic E-state index is 14.4. The molecule has 6 atom stereocenters. The molecule has 0 aliphatic carbocycles. The first-order valence-corrected chi connectivity index (χ1v) is 16.6. The number of carbonyl (C=O) groups excluding carboxylic acids is 1. The Morgan fingerprint density at radius 1 is 1.23 bits per heavy atom. The number of nitrogens with one attached hydrogen (secondary N) is 1. The predicted octanol–water partition coefficient (Wildman–Crippen LogP) is 3.74. The van der Waals surface area contributed by atoms with E-state index in [1.165, 1.54) is 31.9 Å². The van der Waals surface area contributed by atoms with E-state index in [1.54, 1.807) is 18.2 Å². The minimum absolute atomic E-state index is 0.0636. The number of nitrogens with zero attached hydrogens (tertiary/aromatic N) is 4. The topological polar surface area (TPSA) is 202 Å². The molecule has 1 aliphatic heterocycles. The number of imidazole rings is 1. The lowest BCUT2D eigenvalue weighted by Crippen LogP contribution is -2.55. The third kappa shape index (κ3) is 7.83. The molecule has 0 spiro atoms. The van der Waals surface area contributed by atoms with Crippen LogP contribution in [-0.2, 0) is 23.4 Å². The van der Waals surface area contributed by atoms with Gasteiger partial charge in [0.15, 0.2) is 11.2 Å². The Kier molecular flexibility index (Phi) is 9.79. The first-order valence-electron chi connectivity index (χ1n) is 15.1. The van der Waals surface area contributed by atoms with E-state index in [2.05, 4.69) is 20.0 Å². The average molecular weight is 673 g/mol. The van der Waals surface area contributed by atoms with Gasteiger partial charge in [-0.2, -0.15) is 15.1 Å². The molecule has 1 saturated heterocycles. The summed E-state index contributed by atoms with van der Waals surface area (Å²) in [6, 6.07) is 11.5. The minimum atomic E-state index is -4.39. The molecule has 0 bridgehead atoms. The number of carbonyl (C=O) groups is 1. The summed E-state index contributed by atoms with van der Waals surface area (Å²) in [6.07, 6.45) is -2.25. The Bertz CT molecular complexity index is 1790. The van der Waals surface area contributed by atoms with Crippen LogP contribution in [0.4, 0.5) is 5.95 Å². The number of nitrogen functional groups attached to an aromatic ring is 1. The molecule has 15 nitrogen and oxygen atoms in total. The molecular formula is C31H41N6O9P. The Hall–Kier alpha value is -3.85. The number of benzene rings is 2. The van der Waals surface area contributed by atoms with Crippen molar-refractivity contribution >= 4 is 41.6 Å². The monoisotopic (exact) mass is 672 g/mol. The van der Waals surface area contributed by atoms with Gasteiger partial charge in [-0.25, -0.2) is 9.55 Å². The summed E-state index contributed by atoms with van der Waals surface area (Å²) in [4.78, 5) is 25.5. The molecule has 0 amide bonds. The van der Waals surface area contributed by atoms with E-state index in [0.717, 1.165) is 5.39 Å². The number of aliphatic hydroxyl groups is 2. The molecule has 16 heteroatoms. The Morgan fingerprint density at radius 2 is 1.96 bits per heavy atom. The number of hydrogen-bond donors (Lipinski definition) is 4. The lowest BCUT2D eigenvalue weighted by atomic mass is 9.88. The fraction of sp³-hybridized carbons (Fsp3) is 0.484. The van der Waals surface area contributed by atoms with Gasteiger partial charge in [-0.05, 0) is 30.7 Å². The van der Waals surface area contributed by atoms with Gasteiger partial charge in [0.1, 0.15) is 30.2 Å². The highest BCUT2D eigenvalue weighted by atomic mass is 31.2. The summed E-state index contributed by atoms with van der Waals surface area (Å²) >= 11 is 0. The second-order valence-corrected chi connectivity index (χ2v) is 14.6. The van der Waals surface area contributed by atoms with Gasteiger partial charge in [0.05, 0.1) is 32.3 Å². The Balaban J connectivity index is 1.42. The van der Waals surface area contributed by atoms with E-state index in [-0.39, 0.29) is 41.7 Å². The largest absolute Gasteiger partial charge is 0.479 e. The summed E-state index contributed by atoms with van der Waals surface area (Å²) in [5, 5.41) is 26.5. The molecule has 5 N–H and O–H groups in total. The summed E-state index contributed by atoms with van der Waals surface area (Å²) in [5.41, 5.74) is 4.49. The van der Waals surface area contributed by atoms with Crippen LogP contribution in [0.5, 0.6) is 11.6 Å². The van der Waals surface area contributed by atoms with Gasteiger partial charge in [-0.3, -0.25) is 13.9 Å². The number of fused-ring (bicyclic) bond motifs is 2. The first-order chi connectivity index (χ1) is 22.1. The van der Waals surface area contributed by atoms with Crippen molar-refractivity contribution in [2.45, 2.75) is 71.1 Å². The molecule has 1 aliphatic rings. The van der Waals surface area contributed by atoms with Gasteiger partial charge in [-0.15, -0.1) is 0 Å². The van der Waals surface area contributed by atoms with Crippen LogP contribution in [0.25, 0.3) is 21.9 Å². The number of esters is 1. The number of hydrogen-bond acceptors (Lipinski definition) is 13. The van der Waals surface area contributed by atoms with Crippen LogP contribution in [-0.4, -0.2) is 79.9 Å². The molecule has 4 aromatic rings. The zero-order valence-electron chi connectivity index (χ0n) is 27.1. The summed E-state index contributed by atoms with van der Waals surface area (Å²) in [5.74, 6) is -0.334. The molecule has 3 heterocycles. The van der Waals surface area contributed by atoms with Gasteiger partial charge in [0, 0.05) is 11.8 Å². The van der Waals surface area contributed by atoms with Crippen molar-refractivity contribution in [3.8, 4) is 11.6 Å². The molecule has 47 heavy (non-hydrogen) atoms. The molecular weight excluding hydrogens is 631 g/mol. The number of rotatable bonds is 11. The van der Waals surface area contributed by atoms with Crippen LogP contribution in [0, 0.1) is 5.41 Å². The fourth-order valence-corrected chi connectivity index (χ4v) is 6.64. The van der Waals surface area contributed by atoms with E-state index in [9.17, 15) is 19.6 Å². The van der Waals surface area contributed by atoms with Crippen molar-refractivity contribution in [3.05, 3.63) is 48.8 Å². The van der Waals surface area contributed by atoms with E-state index in [1.807, 2.05) is 45.0 Å². The SMILES string of the molecule is COc1nc(N)nc2c1ncn2C1CC(C)(O)C(O)C(COP(=O)(NC(C)C(=O)OCC(C)(C)C)Oc2cccc3ccccc23)O1. The Labute approximate surface area is 271 Å². The number of ether oxygens (including phenoxy) is 3. The van der Waals surface area contributed by atoms with Gasteiger partial charge >= 0.3 is 13.7 Å². The molecule has 5 rings (SSSR count). The van der Waals surface area contributed by atoms with Gasteiger partial charge in [-0.1, -0.05) is 57.2 Å². The smallest absolute Gasteiger partial charge is 0.459 e. The van der Waals surface area contributed by atoms with Crippen LogP contribution in [0.3, 0.4) is 0 Å². The Morgan fingerprint density at radius 3 is 2.68 bits per heavy atom. The van der Waals surface area contributed by atoms with Crippen LogP contribution in [0.15, 0.2) is 48.8 Å². The minimum Gasteiger partial charge on any atom is -0.479 e. The van der Waals surface area contributed by atoms with Crippen LogP contribution >= 0.6 is 7.75 Å². The summed E-state index contributed by atoms with van der Waals surface area (Å²) in [6.45, 7) is 8.29. The highest BCUT2D eigenvalue weighted by Gasteiger charge is 2.47. The highest BCUT2D eigenvalue weighted by molar-refractivity contribution is 7.52. The molecule has 254 valence electrons. The maximum atomic E-state index is 14.4. The lowest BCUT2D eigenvalue weighted by Gasteiger charge is -2.43. The first kappa shape index (κ1) is 34.5. The van der Waals surface area contributed by atoms with E-state index < -0.39 is 50.4 Å². The number of aromatic nitrogens is 4. The van der Waals surface area contributed by atoms with Crippen LogP contribution < -0.4 is 20.1 Å². The second-order valence-electron chi connectivity index (χ2n) is 12.9. The summed E-state index contributed by atoms with van der Waals surface area (Å²) in [7, 11) is -2.97.